The Hall–Kier alpha value is -3.68. The number of anilines is 1. The van der Waals surface area contributed by atoms with Crippen LogP contribution in [0, 0.1) is 0 Å². The average molecular weight is 423 g/mol. The highest BCUT2D eigenvalue weighted by Crippen LogP contribution is 2.28. The van der Waals surface area contributed by atoms with Gasteiger partial charge in [-0.25, -0.2) is 4.79 Å². The van der Waals surface area contributed by atoms with Gasteiger partial charge in [0.2, 0.25) is 0 Å². The largest absolute Gasteiger partial charge is 0.454 e. The van der Waals surface area contributed by atoms with Crippen LogP contribution in [0.15, 0.2) is 54.6 Å². The first-order valence-electron chi connectivity index (χ1n) is 9.96. The minimum Gasteiger partial charge on any atom is -0.454 e. The van der Waals surface area contributed by atoms with E-state index in [1.165, 1.54) is 0 Å². The summed E-state index contributed by atoms with van der Waals surface area (Å²) in [7, 11) is 0. The summed E-state index contributed by atoms with van der Waals surface area (Å²) in [5.74, 6) is -1.71. The average Bonchev–Trinajstić information content (AvgIpc) is 2.97. The van der Waals surface area contributed by atoms with E-state index < -0.39 is 42.5 Å². The van der Waals surface area contributed by atoms with Gasteiger partial charge in [-0.15, -0.1) is 0 Å². The van der Waals surface area contributed by atoms with Crippen LogP contribution in [0.5, 0.6) is 0 Å². The molecule has 2 aromatic carbocycles. The van der Waals surface area contributed by atoms with Crippen molar-refractivity contribution in [1.82, 2.24) is 10.2 Å². The molecule has 8 nitrogen and oxygen atoms in total. The van der Waals surface area contributed by atoms with Gasteiger partial charge in [-0.05, 0) is 30.0 Å². The van der Waals surface area contributed by atoms with Crippen LogP contribution in [0.3, 0.4) is 0 Å². The molecular weight excluding hydrogens is 398 g/mol. The van der Waals surface area contributed by atoms with Gasteiger partial charge in [0.1, 0.15) is 12.1 Å². The number of amides is 4. The number of carbonyl (C=O) groups excluding carboxylic acids is 4. The Morgan fingerprint density at radius 3 is 2.39 bits per heavy atom. The van der Waals surface area contributed by atoms with Crippen molar-refractivity contribution in [3.05, 3.63) is 65.7 Å². The first-order valence-corrected chi connectivity index (χ1v) is 9.96. The molecule has 2 aromatic rings. The normalized spacial score (nSPS) is 18.1. The topological polar surface area (TPSA) is 105 Å². The van der Waals surface area contributed by atoms with Crippen LogP contribution in [0.25, 0.3) is 0 Å². The number of nitrogens with zero attached hydrogens (tertiary/aromatic N) is 1. The van der Waals surface area contributed by atoms with E-state index in [1.807, 2.05) is 26.0 Å². The minimum atomic E-state index is -1.27. The predicted molar refractivity (Wildman–Crippen MR) is 114 cm³/mol. The molecule has 1 fully saturated rings. The van der Waals surface area contributed by atoms with Gasteiger partial charge in [0.15, 0.2) is 6.61 Å². The fourth-order valence-corrected chi connectivity index (χ4v) is 3.43. The molecule has 1 saturated heterocycles. The molecule has 1 heterocycles. The number of rotatable bonds is 7. The maximum atomic E-state index is 12.8. The molecule has 0 spiro atoms. The first kappa shape index (κ1) is 22.0. The zero-order chi connectivity index (χ0) is 22.6. The number of benzene rings is 2. The van der Waals surface area contributed by atoms with Crippen LogP contribution in [0.4, 0.5) is 10.5 Å². The van der Waals surface area contributed by atoms with Crippen molar-refractivity contribution in [1.29, 1.82) is 0 Å². The molecule has 162 valence electrons. The Balaban J connectivity index is 1.57. The van der Waals surface area contributed by atoms with E-state index in [-0.39, 0.29) is 5.92 Å². The second-order valence-electron chi connectivity index (χ2n) is 7.76. The number of imide groups is 1. The van der Waals surface area contributed by atoms with E-state index in [4.69, 9.17) is 4.74 Å². The molecule has 1 atom stereocenters. The highest BCUT2D eigenvalue weighted by molar-refractivity contribution is 6.09. The molecule has 0 saturated carbocycles. The van der Waals surface area contributed by atoms with Gasteiger partial charge >= 0.3 is 12.0 Å². The van der Waals surface area contributed by atoms with E-state index in [1.54, 1.807) is 49.4 Å². The zero-order valence-corrected chi connectivity index (χ0v) is 17.7. The van der Waals surface area contributed by atoms with Gasteiger partial charge in [-0.2, -0.15) is 0 Å². The van der Waals surface area contributed by atoms with E-state index in [9.17, 15) is 19.2 Å². The lowest BCUT2D eigenvalue weighted by Gasteiger charge is -2.21. The number of hydrogen-bond acceptors (Lipinski definition) is 5. The third kappa shape index (κ3) is 4.74. The molecule has 0 aliphatic carbocycles. The van der Waals surface area contributed by atoms with Crippen molar-refractivity contribution in [3.63, 3.8) is 0 Å². The van der Waals surface area contributed by atoms with Crippen molar-refractivity contribution in [2.75, 3.05) is 18.5 Å². The smallest absolute Gasteiger partial charge is 0.326 e. The number of carbonyl (C=O) groups is 4. The molecule has 0 radical (unpaired) electrons. The standard InChI is InChI=1S/C23H25N3O5/c1-15(2)17-11-7-8-12-18(17)24-19(27)14-31-20(28)13-26-21(29)23(3,25-22(26)30)16-9-5-4-6-10-16/h4-12,15H,13-14H2,1-3H3,(H,24,27)(H,25,30)/t23-/m0/s1. The van der Waals surface area contributed by atoms with Gasteiger partial charge in [0.05, 0.1) is 0 Å². The van der Waals surface area contributed by atoms with E-state index in [0.717, 1.165) is 10.5 Å². The molecule has 2 N–H and O–H groups in total. The Labute approximate surface area is 180 Å². The maximum Gasteiger partial charge on any atom is 0.326 e. The fourth-order valence-electron chi connectivity index (χ4n) is 3.43. The first-order chi connectivity index (χ1) is 14.7. The molecule has 0 bridgehead atoms. The Kier molecular flexibility index (Phi) is 6.39. The van der Waals surface area contributed by atoms with Crippen LogP contribution < -0.4 is 10.6 Å². The summed E-state index contributed by atoms with van der Waals surface area (Å²) in [5, 5.41) is 5.33. The Bertz CT molecular complexity index is 1010. The maximum absolute atomic E-state index is 12.8. The van der Waals surface area contributed by atoms with Crippen molar-refractivity contribution < 1.29 is 23.9 Å². The third-order valence-electron chi connectivity index (χ3n) is 5.13. The molecule has 8 heteroatoms. The van der Waals surface area contributed by atoms with Crippen molar-refractivity contribution in [2.24, 2.45) is 0 Å². The lowest BCUT2D eigenvalue weighted by molar-refractivity contribution is -0.150. The summed E-state index contributed by atoms with van der Waals surface area (Å²) in [4.78, 5) is 50.3. The van der Waals surface area contributed by atoms with Gasteiger partial charge in [-0.1, -0.05) is 62.4 Å². The summed E-state index contributed by atoms with van der Waals surface area (Å²) >= 11 is 0. The van der Waals surface area contributed by atoms with Crippen LogP contribution in [-0.4, -0.2) is 41.9 Å². The molecule has 0 unspecified atom stereocenters. The molecule has 4 amide bonds. The lowest BCUT2D eigenvalue weighted by atomic mass is 9.92. The number of esters is 1. The zero-order valence-electron chi connectivity index (χ0n) is 17.7. The van der Waals surface area contributed by atoms with Crippen LogP contribution in [0.1, 0.15) is 37.8 Å². The van der Waals surface area contributed by atoms with Gasteiger partial charge in [0.25, 0.3) is 11.8 Å². The molecule has 0 aromatic heterocycles. The number of hydrogen-bond donors (Lipinski definition) is 2. The number of nitrogens with one attached hydrogen (secondary N) is 2. The second-order valence-corrected chi connectivity index (χ2v) is 7.76. The van der Waals surface area contributed by atoms with Crippen LogP contribution >= 0.6 is 0 Å². The monoisotopic (exact) mass is 423 g/mol. The predicted octanol–water partition coefficient (Wildman–Crippen LogP) is 2.76. The van der Waals surface area contributed by atoms with Crippen molar-refractivity contribution in [2.45, 2.75) is 32.2 Å². The number of urea groups is 1. The molecule has 3 rings (SSSR count). The van der Waals surface area contributed by atoms with Gasteiger partial charge in [0, 0.05) is 5.69 Å². The van der Waals surface area contributed by atoms with E-state index in [2.05, 4.69) is 10.6 Å². The number of ether oxygens (including phenoxy) is 1. The number of para-hydroxylation sites is 1. The third-order valence-corrected chi connectivity index (χ3v) is 5.13. The quantitative estimate of drug-likeness (QED) is 0.526. The molecule has 1 aliphatic rings. The van der Waals surface area contributed by atoms with Crippen molar-refractivity contribution in [3.8, 4) is 0 Å². The van der Waals surface area contributed by atoms with Gasteiger partial charge < -0.3 is 15.4 Å². The van der Waals surface area contributed by atoms with E-state index in [0.29, 0.717) is 11.3 Å². The second kappa shape index (κ2) is 8.99. The SMILES string of the molecule is CC(C)c1ccccc1NC(=O)COC(=O)CN1C(=O)N[C@@](C)(c2ccccc2)C1=O. The minimum absolute atomic E-state index is 0.206. The lowest BCUT2D eigenvalue weighted by Crippen LogP contribution is -2.41. The van der Waals surface area contributed by atoms with E-state index >= 15 is 0 Å². The summed E-state index contributed by atoms with van der Waals surface area (Å²) < 4.78 is 4.98. The molecule has 31 heavy (non-hydrogen) atoms. The summed E-state index contributed by atoms with van der Waals surface area (Å²) in [6.07, 6.45) is 0. The van der Waals surface area contributed by atoms with Crippen LogP contribution in [0.2, 0.25) is 0 Å². The fraction of sp³-hybridized carbons (Fsp3) is 0.304. The molecule has 1 aliphatic heterocycles. The van der Waals surface area contributed by atoms with Crippen molar-refractivity contribution >= 4 is 29.5 Å². The summed E-state index contributed by atoms with van der Waals surface area (Å²) in [6, 6.07) is 15.4. The highest BCUT2D eigenvalue weighted by atomic mass is 16.5. The van der Waals surface area contributed by atoms with Gasteiger partial charge in [-0.3, -0.25) is 19.3 Å². The summed E-state index contributed by atoms with van der Waals surface area (Å²) in [6.45, 7) is 4.49. The Morgan fingerprint density at radius 2 is 1.71 bits per heavy atom. The summed E-state index contributed by atoms with van der Waals surface area (Å²) in [5.41, 5.74) is 0.941. The molecular formula is C23H25N3O5. The highest BCUT2D eigenvalue weighted by Gasteiger charge is 2.49. The Morgan fingerprint density at radius 1 is 1.06 bits per heavy atom. The van der Waals surface area contributed by atoms with Crippen LogP contribution in [-0.2, 0) is 24.7 Å².